The van der Waals surface area contributed by atoms with Crippen molar-refractivity contribution in [2.75, 3.05) is 33.2 Å². The van der Waals surface area contributed by atoms with E-state index in [9.17, 15) is 4.79 Å². The number of carbonyl (C=O) groups is 1. The molecule has 0 spiro atoms. The lowest BCUT2D eigenvalue weighted by atomic mass is 9.97. The second kappa shape index (κ2) is 7.25. The van der Waals surface area contributed by atoms with Crippen molar-refractivity contribution < 1.29 is 4.79 Å². The normalized spacial score (nSPS) is 22.8. The predicted octanol–water partition coefficient (Wildman–Crippen LogP) is -0.0539. The summed E-state index contributed by atoms with van der Waals surface area (Å²) in [5.41, 5.74) is 0. The van der Waals surface area contributed by atoms with E-state index in [0.717, 1.165) is 32.5 Å². The van der Waals surface area contributed by atoms with Gasteiger partial charge in [-0.3, -0.25) is 9.69 Å². The molecule has 1 fully saturated rings. The Kier molecular flexibility index (Phi) is 5.95. The van der Waals surface area contributed by atoms with Gasteiger partial charge in [-0.25, -0.2) is 0 Å². The molecule has 1 saturated heterocycles. The number of likely N-dealkylation sites (tertiary alicyclic amines) is 1. The molecular formula is C12H22N4O. The Labute approximate surface area is 103 Å². The zero-order valence-corrected chi connectivity index (χ0v) is 10.7. The van der Waals surface area contributed by atoms with Gasteiger partial charge in [-0.15, -0.1) is 0 Å². The maximum atomic E-state index is 11.6. The van der Waals surface area contributed by atoms with E-state index in [4.69, 9.17) is 5.26 Å². The highest BCUT2D eigenvalue weighted by molar-refractivity contribution is 5.78. The van der Waals surface area contributed by atoms with Gasteiger partial charge in [-0.1, -0.05) is 6.92 Å². The van der Waals surface area contributed by atoms with E-state index in [1.165, 1.54) is 0 Å². The highest BCUT2D eigenvalue weighted by Crippen LogP contribution is 2.16. The number of nitrogens with zero attached hydrogens (tertiary/aromatic N) is 2. The van der Waals surface area contributed by atoms with Crippen LogP contribution in [0.5, 0.6) is 0 Å². The summed E-state index contributed by atoms with van der Waals surface area (Å²) in [5, 5.41) is 14.8. The zero-order valence-electron chi connectivity index (χ0n) is 10.7. The number of hydrogen-bond acceptors (Lipinski definition) is 4. The number of rotatable bonds is 5. The molecule has 0 radical (unpaired) electrons. The molecule has 1 rings (SSSR count). The second-order valence-corrected chi connectivity index (χ2v) is 4.45. The molecule has 0 saturated carbocycles. The van der Waals surface area contributed by atoms with E-state index in [0.29, 0.717) is 6.54 Å². The van der Waals surface area contributed by atoms with Crippen LogP contribution < -0.4 is 10.6 Å². The van der Waals surface area contributed by atoms with Crippen molar-refractivity contribution >= 4 is 5.91 Å². The van der Waals surface area contributed by atoms with E-state index in [-0.39, 0.29) is 17.9 Å². The summed E-state index contributed by atoms with van der Waals surface area (Å²) in [6, 6.07) is 2.12. The van der Waals surface area contributed by atoms with Crippen LogP contribution in [0.25, 0.3) is 0 Å². The summed E-state index contributed by atoms with van der Waals surface area (Å²) >= 11 is 0. The minimum atomic E-state index is -0.136. The van der Waals surface area contributed by atoms with Crippen LogP contribution in [0.2, 0.25) is 0 Å². The molecule has 1 amide bonds. The van der Waals surface area contributed by atoms with Gasteiger partial charge in [0.25, 0.3) is 0 Å². The molecule has 1 aliphatic rings. The highest BCUT2D eigenvalue weighted by Gasteiger charge is 2.26. The molecule has 2 N–H and O–H groups in total. The van der Waals surface area contributed by atoms with Crippen molar-refractivity contribution in [3.05, 3.63) is 0 Å². The number of piperidine rings is 1. The molecule has 0 aliphatic carbocycles. The number of likely N-dealkylation sites (N-methyl/N-ethyl adjacent to an activating group) is 1. The zero-order chi connectivity index (χ0) is 12.7. The molecule has 0 aromatic rings. The van der Waals surface area contributed by atoms with Crippen molar-refractivity contribution in [1.82, 2.24) is 15.5 Å². The van der Waals surface area contributed by atoms with Crippen LogP contribution >= 0.6 is 0 Å². The van der Waals surface area contributed by atoms with Crippen LogP contribution in [0.1, 0.15) is 19.8 Å². The van der Waals surface area contributed by atoms with E-state index < -0.39 is 0 Å². The maximum Gasteiger partial charge on any atom is 0.224 e. The third kappa shape index (κ3) is 4.33. The van der Waals surface area contributed by atoms with Crippen molar-refractivity contribution in [3.63, 3.8) is 0 Å². The molecule has 2 atom stereocenters. The molecule has 1 aliphatic heterocycles. The van der Waals surface area contributed by atoms with Gasteiger partial charge < -0.3 is 10.6 Å². The van der Waals surface area contributed by atoms with Crippen LogP contribution in [-0.2, 0) is 4.79 Å². The Morgan fingerprint density at radius 3 is 3.00 bits per heavy atom. The molecule has 96 valence electrons. The smallest absolute Gasteiger partial charge is 0.224 e. The van der Waals surface area contributed by atoms with Crippen LogP contribution in [0.4, 0.5) is 0 Å². The average molecular weight is 238 g/mol. The molecule has 0 aromatic carbocycles. The summed E-state index contributed by atoms with van der Waals surface area (Å²) in [6.45, 7) is 5.25. The third-order valence-electron chi connectivity index (χ3n) is 3.17. The Morgan fingerprint density at radius 2 is 2.41 bits per heavy atom. The molecule has 0 bridgehead atoms. The van der Waals surface area contributed by atoms with Gasteiger partial charge in [0.2, 0.25) is 5.91 Å². The SMILES string of the molecule is CCNC(C#N)CN1CCCC(C(=O)NC)C1. The molecule has 0 aromatic heterocycles. The molecule has 5 nitrogen and oxygen atoms in total. The van der Waals surface area contributed by atoms with Gasteiger partial charge in [0.15, 0.2) is 0 Å². The number of nitrogens with one attached hydrogen (secondary N) is 2. The standard InChI is InChI=1S/C12H22N4O/c1-3-15-11(7-13)9-16-6-4-5-10(8-16)12(17)14-2/h10-11,15H,3-6,8-9H2,1-2H3,(H,14,17). The number of hydrogen-bond donors (Lipinski definition) is 2. The van der Waals surface area contributed by atoms with Gasteiger partial charge in [0.1, 0.15) is 6.04 Å². The van der Waals surface area contributed by atoms with Crippen LogP contribution in [-0.4, -0.2) is 50.1 Å². The first-order chi connectivity index (χ1) is 8.21. The van der Waals surface area contributed by atoms with Crippen molar-refractivity contribution in [2.24, 2.45) is 5.92 Å². The molecule has 1 heterocycles. The molecule has 17 heavy (non-hydrogen) atoms. The summed E-state index contributed by atoms with van der Waals surface area (Å²) in [5.74, 6) is 0.196. The first-order valence-electron chi connectivity index (χ1n) is 6.28. The first-order valence-corrected chi connectivity index (χ1v) is 6.28. The maximum absolute atomic E-state index is 11.6. The van der Waals surface area contributed by atoms with Crippen molar-refractivity contribution in [3.8, 4) is 6.07 Å². The van der Waals surface area contributed by atoms with E-state index in [2.05, 4.69) is 21.6 Å². The largest absolute Gasteiger partial charge is 0.359 e. The number of nitriles is 1. The topological polar surface area (TPSA) is 68.2 Å². The third-order valence-corrected chi connectivity index (χ3v) is 3.17. The average Bonchev–Trinajstić information content (AvgIpc) is 2.37. The van der Waals surface area contributed by atoms with Gasteiger partial charge in [0.05, 0.1) is 12.0 Å². The molecule has 2 unspecified atom stereocenters. The lowest BCUT2D eigenvalue weighted by molar-refractivity contribution is -0.126. The van der Waals surface area contributed by atoms with Crippen LogP contribution in [0.15, 0.2) is 0 Å². The minimum Gasteiger partial charge on any atom is -0.359 e. The Balaban J connectivity index is 2.44. The van der Waals surface area contributed by atoms with Gasteiger partial charge >= 0.3 is 0 Å². The first kappa shape index (κ1) is 13.9. The van der Waals surface area contributed by atoms with Gasteiger partial charge in [0, 0.05) is 20.1 Å². The predicted molar refractivity (Wildman–Crippen MR) is 66.3 cm³/mol. The lowest BCUT2D eigenvalue weighted by Crippen LogP contribution is -2.47. The van der Waals surface area contributed by atoms with Crippen LogP contribution in [0, 0.1) is 17.2 Å². The van der Waals surface area contributed by atoms with E-state index >= 15 is 0 Å². The van der Waals surface area contributed by atoms with E-state index in [1.807, 2.05) is 6.92 Å². The lowest BCUT2D eigenvalue weighted by Gasteiger charge is -2.32. The monoisotopic (exact) mass is 238 g/mol. The quantitative estimate of drug-likeness (QED) is 0.704. The minimum absolute atomic E-state index is 0.0784. The fraction of sp³-hybridized carbons (Fsp3) is 0.833. The van der Waals surface area contributed by atoms with Crippen molar-refractivity contribution in [2.45, 2.75) is 25.8 Å². The van der Waals surface area contributed by atoms with E-state index in [1.54, 1.807) is 7.05 Å². The Bertz CT molecular complexity index is 287. The summed E-state index contributed by atoms with van der Waals surface area (Å²) in [6.07, 6.45) is 1.98. The Morgan fingerprint density at radius 1 is 1.65 bits per heavy atom. The molecule has 5 heteroatoms. The van der Waals surface area contributed by atoms with Gasteiger partial charge in [-0.2, -0.15) is 5.26 Å². The van der Waals surface area contributed by atoms with Crippen LogP contribution in [0.3, 0.4) is 0 Å². The summed E-state index contributed by atoms with van der Waals surface area (Å²) in [7, 11) is 1.68. The Hall–Kier alpha value is -1.12. The highest BCUT2D eigenvalue weighted by atomic mass is 16.1. The molecular weight excluding hydrogens is 216 g/mol. The number of carbonyl (C=O) groups excluding carboxylic acids is 1. The van der Waals surface area contributed by atoms with Crippen molar-refractivity contribution in [1.29, 1.82) is 5.26 Å². The van der Waals surface area contributed by atoms with Gasteiger partial charge in [-0.05, 0) is 25.9 Å². The summed E-state index contributed by atoms with van der Waals surface area (Å²) in [4.78, 5) is 13.8. The fourth-order valence-electron chi connectivity index (χ4n) is 2.30. The fourth-order valence-corrected chi connectivity index (χ4v) is 2.30. The number of amides is 1. The second-order valence-electron chi connectivity index (χ2n) is 4.45. The summed E-state index contributed by atoms with van der Waals surface area (Å²) < 4.78 is 0.